The Morgan fingerprint density at radius 1 is 1.10 bits per heavy atom. The minimum atomic E-state index is -0.670. The van der Waals surface area contributed by atoms with Crippen LogP contribution in [-0.2, 0) is 6.42 Å². The number of nitrogens with zero attached hydrogens (tertiary/aromatic N) is 3. The molecule has 0 saturated carbocycles. The summed E-state index contributed by atoms with van der Waals surface area (Å²) in [5.74, 6) is -0.331. The summed E-state index contributed by atoms with van der Waals surface area (Å²) in [6, 6.07) is 12.8. The molecule has 0 radical (unpaired) electrons. The molecule has 2 aromatic carbocycles. The Morgan fingerprint density at radius 2 is 1.90 bits per heavy atom. The molecule has 0 spiro atoms. The first-order valence-electron chi connectivity index (χ1n) is 9.27. The molecule has 0 fully saturated rings. The SMILES string of the molecule is O=C1NC(Cc2ccc(O)cc2)c2nc3cc(F)ccc3c(=O)n2-c2ncccc21. The zero-order valence-electron chi connectivity index (χ0n) is 15.5. The van der Waals surface area contributed by atoms with E-state index in [2.05, 4.69) is 15.3 Å². The highest BCUT2D eigenvalue weighted by Gasteiger charge is 2.30. The first kappa shape index (κ1) is 18.0. The number of rotatable bonds is 2. The van der Waals surface area contributed by atoms with E-state index in [0.717, 1.165) is 5.56 Å². The predicted molar refractivity (Wildman–Crippen MR) is 107 cm³/mol. The number of halogens is 1. The number of nitrogens with one attached hydrogen (secondary N) is 1. The Bertz CT molecular complexity index is 1370. The lowest BCUT2D eigenvalue weighted by Gasteiger charge is -2.19. The van der Waals surface area contributed by atoms with Gasteiger partial charge in [0.2, 0.25) is 0 Å². The molecule has 2 N–H and O–H groups in total. The lowest BCUT2D eigenvalue weighted by atomic mass is 10.0. The van der Waals surface area contributed by atoms with Gasteiger partial charge in [0.1, 0.15) is 17.4 Å². The molecule has 1 atom stereocenters. The summed E-state index contributed by atoms with van der Waals surface area (Å²) in [6.45, 7) is 0. The van der Waals surface area contributed by atoms with E-state index >= 15 is 0 Å². The van der Waals surface area contributed by atoms with Gasteiger partial charge in [0.15, 0.2) is 5.82 Å². The van der Waals surface area contributed by atoms with Crippen molar-refractivity contribution in [2.75, 3.05) is 0 Å². The predicted octanol–water partition coefficient (Wildman–Crippen LogP) is 2.65. The monoisotopic (exact) mass is 402 g/mol. The number of pyridine rings is 1. The van der Waals surface area contributed by atoms with Gasteiger partial charge in [-0.05, 0) is 48.4 Å². The van der Waals surface area contributed by atoms with Crippen LogP contribution < -0.4 is 10.9 Å². The van der Waals surface area contributed by atoms with Crippen molar-refractivity contribution in [3.63, 3.8) is 0 Å². The molecular weight excluding hydrogens is 387 g/mol. The Morgan fingerprint density at radius 3 is 2.70 bits per heavy atom. The molecule has 1 unspecified atom stereocenters. The normalized spacial score (nSPS) is 15.2. The first-order valence-corrected chi connectivity index (χ1v) is 9.27. The molecule has 8 heteroatoms. The minimum absolute atomic E-state index is 0.122. The van der Waals surface area contributed by atoms with Gasteiger partial charge in [-0.3, -0.25) is 9.59 Å². The summed E-state index contributed by atoms with van der Waals surface area (Å²) in [5, 5.41) is 12.7. The quantitative estimate of drug-likeness (QED) is 0.537. The van der Waals surface area contributed by atoms with E-state index in [1.807, 2.05) is 0 Å². The number of aromatic nitrogens is 3. The van der Waals surface area contributed by atoms with Gasteiger partial charge in [-0.15, -0.1) is 0 Å². The molecule has 3 heterocycles. The molecule has 0 aliphatic carbocycles. The number of aromatic hydroxyl groups is 1. The van der Waals surface area contributed by atoms with Crippen molar-refractivity contribution in [1.82, 2.24) is 19.9 Å². The molecule has 4 aromatic rings. The maximum Gasteiger partial charge on any atom is 0.267 e. The molecule has 30 heavy (non-hydrogen) atoms. The molecule has 0 bridgehead atoms. The lowest BCUT2D eigenvalue weighted by molar-refractivity contribution is 0.0937. The van der Waals surface area contributed by atoms with Crippen molar-refractivity contribution < 1.29 is 14.3 Å². The van der Waals surface area contributed by atoms with Crippen LogP contribution in [0, 0.1) is 5.82 Å². The van der Waals surface area contributed by atoms with E-state index in [1.54, 1.807) is 36.4 Å². The summed E-state index contributed by atoms with van der Waals surface area (Å²) in [4.78, 5) is 35.0. The average molecular weight is 402 g/mol. The molecule has 1 amide bonds. The van der Waals surface area contributed by atoms with Crippen LogP contribution in [0.3, 0.4) is 0 Å². The second-order valence-corrected chi connectivity index (χ2v) is 7.04. The van der Waals surface area contributed by atoms with Crippen molar-refractivity contribution in [3.05, 3.63) is 93.9 Å². The number of phenolic OH excluding ortho intramolecular Hbond substituents is 1. The van der Waals surface area contributed by atoms with E-state index in [9.17, 15) is 19.1 Å². The van der Waals surface area contributed by atoms with Crippen LogP contribution in [0.4, 0.5) is 4.39 Å². The van der Waals surface area contributed by atoms with Crippen LogP contribution >= 0.6 is 0 Å². The third kappa shape index (κ3) is 2.89. The number of carbonyl (C=O) groups is 1. The molecule has 5 rings (SSSR count). The van der Waals surface area contributed by atoms with Crippen molar-refractivity contribution >= 4 is 16.8 Å². The lowest BCUT2D eigenvalue weighted by Crippen LogP contribution is -2.32. The highest BCUT2D eigenvalue weighted by atomic mass is 19.1. The fraction of sp³-hybridized carbons (Fsp3) is 0.0909. The number of carbonyl (C=O) groups excluding carboxylic acids is 1. The Kier molecular flexibility index (Phi) is 4.06. The minimum Gasteiger partial charge on any atom is -0.508 e. The highest BCUT2D eigenvalue weighted by molar-refractivity contribution is 5.98. The Labute approximate surface area is 169 Å². The fourth-order valence-electron chi connectivity index (χ4n) is 3.68. The zero-order chi connectivity index (χ0) is 20.8. The largest absolute Gasteiger partial charge is 0.508 e. The van der Waals surface area contributed by atoms with Crippen LogP contribution in [-0.4, -0.2) is 25.5 Å². The smallest absolute Gasteiger partial charge is 0.267 e. The second kappa shape index (κ2) is 6.77. The van der Waals surface area contributed by atoms with Crippen LogP contribution in [0.5, 0.6) is 5.75 Å². The van der Waals surface area contributed by atoms with E-state index in [0.29, 0.717) is 6.42 Å². The third-order valence-electron chi connectivity index (χ3n) is 5.09. The van der Waals surface area contributed by atoms with Crippen LogP contribution in [0.2, 0.25) is 0 Å². The maximum absolute atomic E-state index is 13.8. The van der Waals surface area contributed by atoms with Crippen LogP contribution in [0.25, 0.3) is 16.7 Å². The van der Waals surface area contributed by atoms with Crippen molar-refractivity contribution in [2.24, 2.45) is 0 Å². The summed E-state index contributed by atoms with van der Waals surface area (Å²) < 4.78 is 15.1. The molecule has 0 saturated heterocycles. The number of hydrogen-bond acceptors (Lipinski definition) is 5. The molecule has 7 nitrogen and oxygen atoms in total. The van der Waals surface area contributed by atoms with Crippen molar-refractivity contribution in [1.29, 1.82) is 0 Å². The highest BCUT2D eigenvalue weighted by Crippen LogP contribution is 2.26. The number of hydrogen-bond donors (Lipinski definition) is 2. The van der Waals surface area contributed by atoms with Gasteiger partial charge in [0.25, 0.3) is 11.5 Å². The number of benzene rings is 2. The van der Waals surface area contributed by atoms with Gasteiger partial charge < -0.3 is 10.4 Å². The summed E-state index contributed by atoms with van der Waals surface area (Å²) in [6.07, 6.45) is 1.81. The third-order valence-corrected chi connectivity index (χ3v) is 5.09. The number of amides is 1. The van der Waals surface area contributed by atoms with Crippen LogP contribution in [0.15, 0.2) is 65.6 Å². The average Bonchev–Trinajstić information content (AvgIpc) is 2.85. The van der Waals surface area contributed by atoms with Crippen molar-refractivity contribution in [3.8, 4) is 11.6 Å². The zero-order valence-corrected chi connectivity index (χ0v) is 15.5. The maximum atomic E-state index is 13.8. The Hall–Kier alpha value is -4.07. The van der Waals surface area contributed by atoms with E-state index in [4.69, 9.17) is 0 Å². The van der Waals surface area contributed by atoms with Gasteiger partial charge >= 0.3 is 0 Å². The summed E-state index contributed by atoms with van der Waals surface area (Å²) in [5.41, 5.74) is 0.840. The standard InChI is InChI=1S/C22H15FN4O3/c23-13-5-8-15-17(11-13)25-20-18(10-12-3-6-14(28)7-4-12)26-21(29)16-2-1-9-24-19(16)27(20)22(15)30/h1-9,11,18,28H,10H2,(H,26,29). The van der Waals surface area contributed by atoms with Gasteiger partial charge in [-0.1, -0.05) is 12.1 Å². The van der Waals surface area contributed by atoms with E-state index in [-0.39, 0.29) is 39.8 Å². The molecular formula is C22H15FN4O3. The summed E-state index contributed by atoms with van der Waals surface area (Å²) in [7, 11) is 0. The molecule has 1 aliphatic rings. The number of fused-ring (bicyclic) bond motifs is 4. The fourth-order valence-corrected chi connectivity index (χ4v) is 3.68. The number of phenols is 1. The van der Waals surface area contributed by atoms with E-state index < -0.39 is 17.4 Å². The Balaban J connectivity index is 1.78. The van der Waals surface area contributed by atoms with Gasteiger partial charge in [-0.2, -0.15) is 0 Å². The van der Waals surface area contributed by atoms with Crippen molar-refractivity contribution in [2.45, 2.75) is 12.5 Å². The summed E-state index contributed by atoms with van der Waals surface area (Å²) >= 11 is 0. The first-order chi connectivity index (χ1) is 14.5. The van der Waals surface area contributed by atoms with Gasteiger partial charge in [-0.25, -0.2) is 18.9 Å². The molecule has 2 aromatic heterocycles. The van der Waals surface area contributed by atoms with Gasteiger partial charge in [0.05, 0.1) is 22.5 Å². The molecule has 148 valence electrons. The topological polar surface area (TPSA) is 97.1 Å². The van der Waals surface area contributed by atoms with E-state index in [1.165, 1.54) is 29.0 Å². The second-order valence-electron chi connectivity index (χ2n) is 7.04. The van der Waals surface area contributed by atoms with Crippen LogP contribution in [0.1, 0.15) is 27.8 Å². The molecule has 1 aliphatic heterocycles. The van der Waals surface area contributed by atoms with Gasteiger partial charge in [0, 0.05) is 12.3 Å².